The molecule has 0 fully saturated rings. The van der Waals surface area contributed by atoms with Gasteiger partial charge in [-0.15, -0.1) is 0 Å². The van der Waals surface area contributed by atoms with Gasteiger partial charge in [-0.05, 0) is 40.2 Å². The molecule has 0 aromatic carbocycles. The summed E-state index contributed by atoms with van der Waals surface area (Å²) < 4.78 is 0. The molecule has 0 aromatic rings. The Kier molecular flexibility index (Phi) is 10.6. The Morgan fingerprint density at radius 1 is 0.947 bits per heavy atom. The summed E-state index contributed by atoms with van der Waals surface area (Å²) in [5.74, 6) is 0. The smallest absolute Gasteiger partial charge is 0.0306 e. The molecule has 0 saturated carbocycles. The number of hydrogen-bond donors (Lipinski definition) is 1. The van der Waals surface area contributed by atoms with Crippen molar-refractivity contribution >= 4 is 0 Å². The summed E-state index contributed by atoms with van der Waals surface area (Å²) in [5.41, 5.74) is 6.31. The van der Waals surface area contributed by atoms with E-state index in [0.29, 0.717) is 6.04 Å². The standard InChI is InChI=1S/C17H38N2/c1-6-8-10-11-13-17(5,15-18)19(16(3)4)14-12-9-7-2/h16H,6-15,18H2,1-5H3. The molecule has 0 aliphatic carbocycles. The predicted octanol–water partition coefficient (Wildman–Crippen LogP) is 4.57. The second-order valence-corrected chi connectivity index (χ2v) is 6.51. The van der Waals surface area contributed by atoms with Crippen LogP contribution >= 0.6 is 0 Å². The SMILES string of the molecule is CCCCCCC(C)(CN)N(CCCCC)C(C)C. The molecule has 2 N–H and O–H groups in total. The van der Waals surface area contributed by atoms with E-state index in [1.165, 1.54) is 57.9 Å². The maximum atomic E-state index is 6.12. The number of rotatable bonds is 12. The number of hydrogen-bond acceptors (Lipinski definition) is 2. The molecule has 0 aliphatic heterocycles. The number of nitrogens with two attached hydrogens (primary N) is 1. The summed E-state index contributed by atoms with van der Waals surface area (Å²) in [6, 6.07) is 0.594. The van der Waals surface area contributed by atoms with Crippen molar-refractivity contribution in [3.63, 3.8) is 0 Å². The van der Waals surface area contributed by atoms with Crippen LogP contribution in [-0.2, 0) is 0 Å². The van der Waals surface area contributed by atoms with Crippen LogP contribution in [0.15, 0.2) is 0 Å². The normalized spacial score (nSPS) is 15.2. The topological polar surface area (TPSA) is 29.3 Å². The van der Waals surface area contributed by atoms with E-state index in [9.17, 15) is 0 Å². The van der Waals surface area contributed by atoms with Gasteiger partial charge in [0, 0.05) is 18.1 Å². The van der Waals surface area contributed by atoms with Gasteiger partial charge in [0.1, 0.15) is 0 Å². The molecule has 0 heterocycles. The van der Waals surface area contributed by atoms with E-state index in [-0.39, 0.29) is 5.54 Å². The lowest BCUT2D eigenvalue weighted by Gasteiger charge is -2.44. The van der Waals surface area contributed by atoms with Crippen molar-refractivity contribution in [3.8, 4) is 0 Å². The van der Waals surface area contributed by atoms with Gasteiger partial charge in [0.25, 0.3) is 0 Å². The highest BCUT2D eigenvalue weighted by molar-refractivity contribution is 4.89. The molecule has 0 radical (unpaired) electrons. The maximum Gasteiger partial charge on any atom is 0.0306 e. The molecule has 2 nitrogen and oxygen atoms in total. The highest BCUT2D eigenvalue weighted by Crippen LogP contribution is 2.25. The fourth-order valence-corrected chi connectivity index (χ4v) is 2.98. The molecule has 1 unspecified atom stereocenters. The molecular weight excluding hydrogens is 232 g/mol. The van der Waals surface area contributed by atoms with Crippen molar-refractivity contribution in [3.05, 3.63) is 0 Å². The van der Waals surface area contributed by atoms with Crippen LogP contribution in [0.3, 0.4) is 0 Å². The Labute approximate surface area is 122 Å². The van der Waals surface area contributed by atoms with Gasteiger partial charge >= 0.3 is 0 Å². The lowest BCUT2D eigenvalue weighted by molar-refractivity contribution is 0.0641. The van der Waals surface area contributed by atoms with Crippen molar-refractivity contribution in [2.75, 3.05) is 13.1 Å². The molecular formula is C17H38N2. The van der Waals surface area contributed by atoms with Crippen LogP contribution in [0.5, 0.6) is 0 Å². The summed E-state index contributed by atoms with van der Waals surface area (Å²) in [6.45, 7) is 13.5. The van der Waals surface area contributed by atoms with E-state index in [1.807, 2.05) is 0 Å². The zero-order chi connectivity index (χ0) is 14.7. The fourth-order valence-electron chi connectivity index (χ4n) is 2.98. The minimum Gasteiger partial charge on any atom is -0.329 e. The highest BCUT2D eigenvalue weighted by Gasteiger charge is 2.31. The van der Waals surface area contributed by atoms with Gasteiger partial charge in [0.15, 0.2) is 0 Å². The fraction of sp³-hybridized carbons (Fsp3) is 1.00. The van der Waals surface area contributed by atoms with E-state index >= 15 is 0 Å². The molecule has 0 rings (SSSR count). The zero-order valence-corrected chi connectivity index (χ0v) is 14.2. The first-order valence-corrected chi connectivity index (χ1v) is 8.48. The molecule has 2 heteroatoms. The summed E-state index contributed by atoms with van der Waals surface area (Å²) in [7, 11) is 0. The third-order valence-electron chi connectivity index (χ3n) is 4.33. The molecule has 0 bridgehead atoms. The van der Waals surface area contributed by atoms with Crippen LogP contribution in [0.2, 0.25) is 0 Å². The maximum absolute atomic E-state index is 6.12. The first kappa shape index (κ1) is 18.9. The monoisotopic (exact) mass is 270 g/mol. The van der Waals surface area contributed by atoms with Crippen LogP contribution in [0, 0.1) is 0 Å². The Morgan fingerprint density at radius 3 is 2.00 bits per heavy atom. The third kappa shape index (κ3) is 7.31. The molecule has 0 saturated heterocycles. The molecule has 116 valence electrons. The average molecular weight is 271 g/mol. The van der Waals surface area contributed by atoms with E-state index in [1.54, 1.807) is 0 Å². The van der Waals surface area contributed by atoms with E-state index in [0.717, 1.165) is 6.54 Å². The number of nitrogens with zero attached hydrogens (tertiary/aromatic N) is 1. The Hall–Kier alpha value is -0.0800. The van der Waals surface area contributed by atoms with Gasteiger partial charge in [-0.3, -0.25) is 4.90 Å². The van der Waals surface area contributed by atoms with E-state index in [4.69, 9.17) is 5.73 Å². The van der Waals surface area contributed by atoms with Crippen LogP contribution < -0.4 is 5.73 Å². The molecule has 0 spiro atoms. The Morgan fingerprint density at radius 2 is 1.53 bits per heavy atom. The quantitative estimate of drug-likeness (QED) is 0.526. The lowest BCUT2D eigenvalue weighted by Crippen LogP contribution is -2.54. The molecule has 19 heavy (non-hydrogen) atoms. The summed E-state index contributed by atoms with van der Waals surface area (Å²) in [4.78, 5) is 2.65. The van der Waals surface area contributed by atoms with Crippen LogP contribution in [0.25, 0.3) is 0 Å². The largest absolute Gasteiger partial charge is 0.329 e. The summed E-state index contributed by atoms with van der Waals surface area (Å²) in [6.07, 6.45) is 10.5. The van der Waals surface area contributed by atoms with Crippen LogP contribution in [-0.4, -0.2) is 29.6 Å². The second kappa shape index (κ2) is 10.7. The first-order valence-electron chi connectivity index (χ1n) is 8.48. The first-order chi connectivity index (χ1) is 9.01. The lowest BCUT2D eigenvalue weighted by atomic mass is 9.90. The Balaban J connectivity index is 4.42. The molecule has 0 aromatic heterocycles. The number of unbranched alkanes of at least 4 members (excludes halogenated alkanes) is 5. The van der Waals surface area contributed by atoms with E-state index < -0.39 is 0 Å². The van der Waals surface area contributed by atoms with Crippen molar-refractivity contribution in [1.82, 2.24) is 4.90 Å². The van der Waals surface area contributed by atoms with E-state index in [2.05, 4.69) is 39.5 Å². The van der Waals surface area contributed by atoms with Gasteiger partial charge in [0.05, 0.1) is 0 Å². The van der Waals surface area contributed by atoms with Crippen molar-refractivity contribution in [1.29, 1.82) is 0 Å². The summed E-state index contributed by atoms with van der Waals surface area (Å²) in [5, 5.41) is 0. The summed E-state index contributed by atoms with van der Waals surface area (Å²) >= 11 is 0. The zero-order valence-electron chi connectivity index (χ0n) is 14.2. The van der Waals surface area contributed by atoms with Gasteiger partial charge in [-0.1, -0.05) is 52.4 Å². The van der Waals surface area contributed by atoms with Crippen molar-refractivity contribution in [2.24, 2.45) is 5.73 Å². The Bertz CT molecular complexity index is 203. The van der Waals surface area contributed by atoms with Gasteiger partial charge < -0.3 is 5.73 Å². The molecule has 1 atom stereocenters. The average Bonchev–Trinajstić information content (AvgIpc) is 2.39. The minimum absolute atomic E-state index is 0.190. The van der Waals surface area contributed by atoms with Gasteiger partial charge in [-0.25, -0.2) is 0 Å². The molecule has 0 amide bonds. The van der Waals surface area contributed by atoms with Gasteiger partial charge in [0.2, 0.25) is 0 Å². The van der Waals surface area contributed by atoms with Crippen LogP contribution in [0.1, 0.15) is 86.0 Å². The predicted molar refractivity (Wildman–Crippen MR) is 87.6 cm³/mol. The van der Waals surface area contributed by atoms with Gasteiger partial charge in [-0.2, -0.15) is 0 Å². The minimum atomic E-state index is 0.190. The van der Waals surface area contributed by atoms with Crippen LogP contribution in [0.4, 0.5) is 0 Å². The molecule has 0 aliphatic rings. The van der Waals surface area contributed by atoms with Crippen molar-refractivity contribution in [2.45, 2.75) is 97.6 Å². The highest BCUT2D eigenvalue weighted by atomic mass is 15.2. The second-order valence-electron chi connectivity index (χ2n) is 6.51. The van der Waals surface area contributed by atoms with Crippen molar-refractivity contribution < 1.29 is 0 Å². The third-order valence-corrected chi connectivity index (χ3v) is 4.33.